The summed E-state index contributed by atoms with van der Waals surface area (Å²) in [5.74, 6) is 0.597. The summed E-state index contributed by atoms with van der Waals surface area (Å²) in [4.78, 5) is 12.2. The molecule has 4 nitrogen and oxygen atoms in total. The molecule has 0 aromatic heterocycles. The molecule has 114 valence electrons. The van der Waals surface area contributed by atoms with Crippen molar-refractivity contribution in [2.24, 2.45) is 0 Å². The molecule has 0 fully saturated rings. The summed E-state index contributed by atoms with van der Waals surface area (Å²) in [5.41, 5.74) is 0.908. The lowest BCUT2D eigenvalue weighted by Crippen LogP contribution is -2.23. The lowest BCUT2D eigenvalue weighted by Gasteiger charge is -2.10. The average molecular weight is 301 g/mol. The van der Waals surface area contributed by atoms with Crippen LogP contribution in [-0.2, 0) is 6.54 Å². The summed E-state index contributed by atoms with van der Waals surface area (Å²) < 4.78 is 24.6. The van der Waals surface area contributed by atoms with Crippen molar-refractivity contribution in [1.29, 1.82) is 0 Å². The van der Waals surface area contributed by atoms with Gasteiger partial charge in [0.1, 0.15) is 5.82 Å². The fourth-order valence-electron chi connectivity index (χ4n) is 2.22. The minimum atomic E-state index is -0.332. The number of ether oxygens (including phenoxy) is 2. The van der Waals surface area contributed by atoms with Crippen molar-refractivity contribution in [3.63, 3.8) is 0 Å². The van der Waals surface area contributed by atoms with Crippen LogP contribution in [0.15, 0.2) is 42.5 Å². The number of nitrogens with one attached hydrogen (secondary N) is 1. The number of benzene rings is 2. The molecule has 0 spiro atoms. The molecular formula is C17H16FNO3. The molecule has 1 heterocycles. The van der Waals surface area contributed by atoms with Gasteiger partial charge in [0.25, 0.3) is 5.91 Å². The Morgan fingerprint density at radius 1 is 1.09 bits per heavy atom. The molecule has 0 radical (unpaired) electrons. The van der Waals surface area contributed by atoms with Crippen molar-refractivity contribution < 1.29 is 18.7 Å². The van der Waals surface area contributed by atoms with Crippen molar-refractivity contribution >= 4 is 5.91 Å². The minimum Gasteiger partial charge on any atom is -0.490 e. The Balaban J connectivity index is 1.70. The van der Waals surface area contributed by atoms with Crippen LogP contribution in [0.25, 0.3) is 0 Å². The van der Waals surface area contributed by atoms with Crippen LogP contribution < -0.4 is 14.8 Å². The average Bonchev–Trinajstić information content (AvgIpc) is 2.78. The van der Waals surface area contributed by atoms with Gasteiger partial charge in [-0.25, -0.2) is 4.39 Å². The normalized spacial score (nSPS) is 13.3. The van der Waals surface area contributed by atoms with Gasteiger partial charge in [-0.1, -0.05) is 18.2 Å². The lowest BCUT2D eigenvalue weighted by atomic mass is 10.1. The molecule has 1 aliphatic heterocycles. The summed E-state index contributed by atoms with van der Waals surface area (Å²) in [6.45, 7) is 1.30. The maximum absolute atomic E-state index is 13.5. The highest BCUT2D eigenvalue weighted by Crippen LogP contribution is 2.30. The fourth-order valence-corrected chi connectivity index (χ4v) is 2.22. The van der Waals surface area contributed by atoms with Crippen LogP contribution >= 0.6 is 0 Å². The van der Waals surface area contributed by atoms with Crippen molar-refractivity contribution in [2.45, 2.75) is 13.0 Å². The minimum absolute atomic E-state index is 0.139. The summed E-state index contributed by atoms with van der Waals surface area (Å²) in [6, 6.07) is 11.4. The monoisotopic (exact) mass is 301 g/mol. The number of carbonyl (C=O) groups excluding carboxylic acids is 1. The lowest BCUT2D eigenvalue weighted by molar-refractivity contribution is 0.0950. The van der Waals surface area contributed by atoms with Crippen LogP contribution in [0.3, 0.4) is 0 Å². The predicted octanol–water partition coefficient (Wildman–Crippen LogP) is 2.92. The summed E-state index contributed by atoms with van der Waals surface area (Å²) in [7, 11) is 0. The Morgan fingerprint density at radius 2 is 1.86 bits per heavy atom. The molecule has 3 rings (SSSR count). The SMILES string of the molecule is O=C(NCc1ccccc1F)c1ccc2c(c1)OCCCO2. The van der Waals surface area contributed by atoms with Gasteiger partial charge >= 0.3 is 0 Å². The molecule has 22 heavy (non-hydrogen) atoms. The third kappa shape index (κ3) is 3.19. The van der Waals surface area contributed by atoms with E-state index in [2.05, 4.69) is 5.32 Å². The molecule has 2 aromatic carbocycles. The molecule has 0 unspecified atom stereocenters. The summed E-state index contributed by atoms with van der Waals surface area (Å²) in [6.07, 6.45) is 0.809. The van der Waals surface area contributed by atoms with Crippen LogP contribution in [0.4, 0.5) is 4.39 Å². The van der Waals surface area contributed by atoms with Gasteiger partial charge in [-0.3, -0.25) is 4.79 Å². The van der Waals surface area contributed by atoms with Gasteiger partial charge in [-0.15, -0.1) is 0 Å². The first-order valence-electron chi connectivity index (χ1n) is 7.15. The fraction of sp³-hybridized carbons (Fsp3) is 0.235. The first-order chi connectivity index (χ1) is 10.7. The van der Waals surface area contributed by atoms with Crippen molar-refractivity contribution in [3.05, 3.63) is 59.4 Å². The number of carbonyl (C=O) groups is 1. The highest BCUT2D eigenvalue weighted by atomic mass is 19.1. The van der Waals surface area contributed by atoms with E-state index in [-0.39, 0.29) is 18.3 Å². The van der Waals surface area contributed by atoms with Crippen LogP contribution in [0, 0.1) is 5.82 Å². The number of fused-ring (bicyclic) bond motifs is 1. The van der Waals surface area contributed by atoms with Crippen LogP contribution in [0.1, 0.15) is 22.3 Å². The Bertz CT molecular complexity index is 687. The smallest absolute Gasteiger partial charge is 0.251 e. The Morgan fingerprint density at radius 3 is 2.68 bits per heavy atom. The second kappa shape index (κ2) is 6.47. The van der Waals surface area contributed by atoms with Gasteiger partial charge in [0.05, 0.1) is 13.2 Å². The topological polar surface area (TPSA) is 47.6 Å². The molecule has 0 saturated carbocycles. The predicted molar refractivity (Wildman–Crippen MR) is 79.6 cm³/mol. The van der Waals surface area contributed by atoms with E-state index in [1.54, 1.807) is 36.4 Å². The van der Waals surface area contributed by atoms with Crippen molar-refractivity contribution in [1.82, 2.24) is 5.32 Å². The van der Waals surface area contributed by atoms with Gasteiger partial charge in [-0.05, 0) is 24.3 Å². The van der Waals surface area contributed by atoms with E-state index in [0.717, 1.165) is 6.42 Å². The standard InChI is InChI=1S/C17H16FNO3/c18-14-5-2-1-4-13(14)11-19-17(20)12-6-7-15-16(10-12)22-9-3-8-21-15/h1-2,4-7,10H,3,8-9,11H2,(H,19,20). The Kier molecular flexibility index (Phi) is 4.23. The van der Waals surface area contributed by atoms with Crippen LogP contribution in [0.2, 0.25) is 0 Å². The Hall–Kier alpha value is -2.56. The van der Waals surface area contributed by atoms with Crippen LogP contribution in [0.5, 0.6) is 11.5 Å². The third-order valence-electron chi connectivity index (χ3n) is 3.41. The summed E-state index contributed by atoms with van der Waals surface area (Å²) in [5, 5.41) is 2.70. The molecule has 0 aliphatic carbocycles. The van der Waals surface area contributed by atoms with Gasteiger partial charge in [-0.2, -0.15) is 0 Å². The zero-order chi connectivity index (χ0) is 15.4. The maximum atomic E-state index is 13.5. The van der Waals surface area contributed by atoms with E-state index in [9.17, 15) is 9.18 Å². The van der Waals surface area contributed by atoms with Gasteiger partial charge in [0.2, 0.25) is 0 Å². The largest absolute Gasteiger partial charge is 0.490 e. The maximum Gasteiger partial charge on any atom is 0.251 e. The molecule has 5 heteroatoms. The molecule has 0 bridgehead atoms. The molecule has 2 aromatic rings. The van der Waals surface area contributed by atoms with Crippen molar-refractivity contribution in [2.75, 3.05) is 13.2 Å². The summed E-state index contributed by atoms with van der Waals surface area (Å²) >= 11 is 0. The number of hydrogen-bond donors (Lipinski definition) is 1. The van der Waals surface area contributed by atoms with Gasteiger partial charge in [0, 0.05) is 24.1 Å². The molecule has 1 aliphatic rings. The van der Waals surface area contributed by atoms with Gasteiger partial charge in [0.15, 0.2) is 11.5 Å². The highest BCUT2D eigenvalue weighted by Gasteiger charge is 2.14. The second-order valence-corrected chi connectivity index (χ2v) is 4.99. The van der Waals surface area contributed by atoms with E-state index in [0.29, 0.717) is 35.8 Å². The van der Waals surface area contributed by atoms with Gasteiger partial charge < -0.3 is 14.8 Å². The van der Waals surface area contributed by atoms with E-state index in [4.69, 9.17) is 9.47 Å². The first kappa shape index (κ1) is 14.4. The third-order valence-corrected chi connectivity index (χ3v) is 3.41. The molecular weight excluding hydrogens is 285 g/mol. The Labute approximate surface area is 127 Å². The molecule has 1 N–H and O–H groups in total. The highest BCUT2D eigenvalue weighted by molar-refractivity contribution is 5.94. The number of rotatable bonds is 3. The zero-order valence-corrected chi connectivity index (χ0v) is 12.0. The second-order valence-electron chi connectivity index (χ2n) is 4.99. The van der Waals surface area contributed by atoms with E-state index < -0.39 is 0 Å². The van der Waals surface area contributed by atoms with Crippen molar-refractivity contribution in [3.8, 4) is 11.5 Å². The number of hydrogen-bond acceptors (Lipinski definition) is 3. The van der Waals surface area contributed by atoms with Crippen LogP contribution in [-0.4, -0.2) is 19.1 Å². The van der Waals surface area contributed by atoms with E-state index >= 15 is 0 Å². The molecule has 0 atom stereocenters. The number of amides is 1. The quantitative estimate of drug-likeness (QED) is 0.948. The van der Waals surface area contributed by atoms with E-state index in [1.165, 1.54) is 6.07 Å². The first-order valence-corrected chi connectivity index (χ1v) is 7.15. The molecule has 1 amide bonds. The zero-order valence-electron chi connectivity index (χ0n) is 12.0. The molecule has 0 saturated heterocycles. The number of halogens is 1. The van der Waals surface area contributed by atoms with E-state index in [1.807, 2.05) is 0 Å².